The maximum atomic E-state index is 9.52. The standard InChI is InChI=1S/C32H35N3O2/c1-22-6-2-3-7-24(22)15-17-36-28-13-12-25-19-27(11-10-26(25)20-28)32-29-18-23(21-33)9-14-30(29)35(34-32)31-8-4-5-16-37-31/h9-14,18-20,22,24,31H,2-8,15-17H2,1H3. The number of fused-ring (bicyclic) bond motifs is 2. The van der Waals surface area contributed by atoms with E-state index in [4.69, 9.17) is 14.6 Å². The van der Waals surface area contributed by atoms with E-state index in [1.807, 2.05) is 22.9 Å². The van der Waals surface area contributed by atoms with Gasteiger partial charge in [0.15, 0.2) is 6.23 Å². The first-order chi connectivity index (χ1) is 18.2. The Hall–Kier alpha value is -3.36. The lowest BCUT2D eigenvalue weighted by molar-refractivity contribution is -0.0365. The summed E-state index contributed by atoms with van der Waals surface area (Å²) in [5.41, 5.74) is 3.59. The van der Waals surface area contributed by atoms with Crippen LogP contribution in [0.3, 0.4) is 0 Å². The minimum atomic E-state index is -0.0605. The highest BCUT2D eigenvalue weighted by Crippen LogP contribution is 2.35. The number of nitrogens with zero attached hydrogens (tertiary/aromatic N) is 3. The van der Waals surface area contributed by atoms with Gasteiger partial charge in [-0.15, -0.1) is 0 Å². The Morgan fingerprint density at radius 1 is 0.973 bits per heavy atom. The van der Waals surface area contributed by atoms with Crippen LogP contribution in [0.15, 0.2) is 54.6 Å². The van der Waals surface area contributed by atoms with E-state index in [2.05, 4.69) is 49.4 Å². The Kier molecular flexibility index (Phi) is 6.85. The molecular weight excluding hydrogens is 458 g/mol. The molecule has 0 spiro atoms. The summed E-state index contributed by atoms with van der Waals surface area (Å²) in [7, 11) is 0. The third-order valence-electron chi connectivity index (χ3n) is 8.40. The van der Waals surface area contributed by atoms with Crippen LogP contribution in [0, 0.1) is 23.2 Å². The molecule has 1 aliphatic carbocycles. The van der Waals surface area contributed by atoms with Crippen molar-refractivity contribution in [2.75, 3.05) is 13.2 Å². The van der Waals surface area contributed by atoms with Crippen molar-refractivity contribution in [3.05, 3.63) is 60.2 Å². The number of benzene rings is 3. The van der Waals surface area contributed by atoms with E-state index in [1.54, 1.807) is 0 Å². The van der Waals surface area contributed by atoms with E-state index in [0.717, 1.165) is 89.4 Å². The molecule has 2 aliphatic rings. The van der Waals surface area contributed by atoms with E-state index in [-0.39, 0.29) is 6.23 Å². The van der Waals surface area contributed by atoms with Gasteiger partial charge in [-0.2, -0.15) is 10.4 Å². The van der Waals surface area contributed by atoms with Crippen LogP contribution in [0.25, 0.3) is 32.9 Å². The van der Waals surface area contributed by atoms with Crippen molar-refractivity contribution in [2.45, 2.75) is 64.5 Å². The fourth-order valence-electron chi connectivity index (χ4n) is 6.17. The van der Waals surface area contributed by atoms with Crippen LogP contribution < -0.4 is 4.74 Å². The molecule has 3 aromatic carbocycles. The molecule has 4 aromatic rings. The minimum absolute atomic E-state index is 0.0605. The first-order valence-corrected chi connectivity index (χ1v) is 13.9. The molecule has 37 heavy (non-hydrogen) atoms. The van der Waals surface area contributed by atoms with E-state index in [1.165, 1.54) is 25.7 Å². The number of hydrogen-bond acceptors (Lipinski definition) is 4. The predicted octanol–water partition coefficient (Wildman–Crippen LogP) is 8.02. The number of ether oxygens (including phenoxy) is 2. The fourth-order valence-corrected chi connectivity index (χ4v) is 6.17. The third-order valence-corrected chi connectivity index (χ3v) is 8.40. The van der Waals surface area contributed by atoms with Crippen molar-refractivity contribution in [3.63, 3.8) is 0 Å². The summed E-state index contributed by atoms with van der Waals surface area (Å²) in [5.74, 6) is 2.55. The molecule has 0 bridgehead atoms. The smallest absolute Gasteiger partial charge is 0.150 e. The summed E-state index contributed by atoms with van der Waals surface area (Å²) in [6, 6.07) is 20.9. The van der Waals surface area contributed by atoms with Crippen LogP contribution in [-0.4, -0.2) is 23.0 Å². The topological polar surface area (TPSA) is 60.1 Å². The molecule has 6 rings (SSSR count). The SMILES string of the molecule is CC1CCCCC1CCOc1ccc2cc(-c3nn(C4CCCCO4)c4ccc(C#N)cc34)ccc2c1. The van der Waals surface area contributed by atoms with Crippen LogP contribution in [-0.2, 0) is 4.74 Å². The van der Waals surface area contributed by atoms with E-state index in [9.17, 15) is 5.26 Å². The van der Waals surface area contributed by atoms with Gasteiger partial charge >= 0.3 is 0 Å². The molecule has 1 aliphatic heterocycles. The van der Waals surface area contributed by atoms with Gasteiger partial charge in [0.2, 0.25) is 0 Å². The largest absolute Gasteiger partial charge is 0.494 e. The highest BCUT2D eigenvalue weighted by molar-refractivity contribution is 5.97. The average molecular weight is 494 g/mol. The van der Waals surface area contributed by atoms with Crippen molar-refractivity contribution >= 4 is 21.7 Å². The normalized spacial score (nSPS) is 22.2. The molecule has 0 N–H and O–H groups in total. The van der Waals surface area contributed by atoms with Gasteiger partial charge in [-0.1, -0.05) is 50.8 Å². The monoisotopic (exact) mass is 493 g/mol. The van der Waals surface area contributed by atoms with Gasteiger partial charge in [-0.25, -0.2) is 4.68 Å². The number of rotatable bonds is 6. The molecule has 1 aromatic heterocycles. The zero-order chi connectivity index (χ0) is 25.2. The summed E-state index contributed by atoms with van der Waals surface area (Å²) in [4.78, 5) is 0. The molecule has 5 nitrogen and oxygen atoms in total. The lowest BCUT2D eigenvalue weighted by Gasteiger charge is -2.28. The number of hydrogen-bond donors (Lipinski definition) is 0. The molecule has 1 saturated carbocycles. The molecule has 5 heteroatoms. The lowest BCUT2D eigenvalue weighted by atomic mass is 9.79. The van der Waals surface area contributed by atoms with Crippen LogP contribution in [0.4, 0.5) is 0 Å². The molecule has 2 fully saturated rings. The van der Waals surface area contributed by atoms with Crippen molar-refractivity contribution in [2.24, 2.45) is 11.8 Å². The van der Waals surface area contributed by atoms with Gasteiger partial charge in [-0.05, 0) is 84.7 Å². The average Bonchev–Trinajstić information content (AvgIpc) is 3.33. The highest BCUT2D eigenvalue weighted by Gasteiger charge is 2.23. The maximum Gasteiger partial charge on any atom is 0.150 e. The van der Waals surface area contributed by atoms with Crippen LogP contribution in [0.5, 0.6) is 5.75 Å². The third kappa shape index (κ3) is 4.95. The Morgan fingerprint density at radius 2 is 1.81 bits per heavy atom. The highest BCUT2D eigenvalue weighted by atomic mass is 16.5. The van der Waals surface area contributed by atoms with Gasteiger partial charge in [0.05, 0.1) is 23.8 Å². The Labute approximate surface area is 219 Å². The molecule has 0 radical (unpaired) electrons. The quantitative estimate of drug-likeness (QED) is 0.273. The first-order valence-electron chi connectivity index (χ1n) is 13.9. The summed E-state index contributed by atoms with van der Waals surface area (Å²) in [5, 5.41) is 17.8. The zero-order valence-electron chi connectivity index (χ0n) is 21.7. The maximum absolute atomic E-state index is 9.52. The second kappa shape index (κ2) is 10.6. The minimum Gasteiger partial charge on any atom is -0.494 e. The fraction of sp³-hybridized carbons (Fsp3) is 0.438. The molecular formula is C32H35N3O2. The molecule has 3 atom stereocenters. The van der Waals surface area contributed by atoms with Crippen LogP contribution in [0.2, 0.25) is 0 Å². The van der Waals surface area contributed by atoms with Gasteiger partial charge < -0.3 is 9.47 Å². The molecule has 3 unspecified atom stereocenters. The van der Waals surface area contributed by atoms with Gasteiger partial charge in [0.25, 0.3) is 0 Å². The second-order valence-corrected chi connectivity index (χ2v) is 10.8. The van der Waals surface area contributed by atoms with Crippen LogP contribution in [0.1, 0.15) is 70.1 Å². The van der Waals surface area contributed by atoms with Gasteiger partial charge in [0.1, 0.15) is 11.4 Å². The Balaban J connectivity index is 1.26. The van der Waals surface area contributed by atoms with E-state index < -0.39 is 0 Å². The summed E-state index contributed by atoms with van der Waals surface area (Å²) in [6.07, 6.45) is 9.73. The second-order valence-electron chi connectivity index (χ2n) is 10.8. The van der Waals surface area contributed by atoms with Crippen molar-refractivity contribution < 1.29 is 9.47 Å². The molecule has 190 valence electrons. The Bertz CT molecular complexity index is 1440. The van der Waals surface area contributed by atoms with Crippen molar-refractivity contribution in [3.8, 4) is 23.1 Å². The zero-order valence-corrected chi connectivity index (χ0v) is 21.7. The van der Waals surface area contributed by atoms with Gasteiger partial charge in [-0.3, -0.25) is 0 Å². The number of aromatic nitrogens is 2. The lowest BCUT2D eigenvalue weighted by Crippen LogP contribution is -2.19. The summed E-state index contributed by atoms with van der Waals surface area (Å²) < 4.78 is 14.2. The van der Waals surface area contributed by atoms with Crippen LogP contribution >= 0.6 is 0 Å². The summed E-state index contributed by atoms with van der Waals surface area (Å²) in [6.45, 7) is 3.94. The van der Waals surface area contributed by atoms with E-state index >= 15 is 0 Å². The first kappa shape index (κ1) is 24.0. The van der Waals surface area contributed by atoms with E-state index in [0.29, 0.717) is 5.56 Å². The number of nitriles is 1. The molecule has 2 heterocycles. The predicted molar refractivity (Wildman–Crippen MR) is 147 cm³/mol. The summed E-state index contributed by atoms with van der Waals surface area (Å²) >= 11 is 0. The van der Waals surface area contributed by atoms with Gasteiger partial charge in [0, 0.05) is 17.6 Å². The van der Waals surface area contributed by atoms with Crippen molar-refractivity contribution in [1.29, 1.82) is 5.26 Å². The molecule has 0 amide bonds. The van der Waals surface area contributed by atoms with Crippen molar-refractivity contribution in [1.82, 2.24) is 9.78 Å². The Morgan fingerprint density at radius 3 is 2.65 bits per heavy atom. The molecule has 1 saturated heterocycles.